The second-order valence-corrected chi connectivity index (χ2v) is 8.76. The third-order valence-corrected chi connectivity index (χ3v) is 6.70. The van der Waals surface area contributed by atoms with Crippen LogP contribution in [0.4, 0.5) is 18.9 Å². The third-order valence-electron chi connectivity index (χ3n) is 4.88. The maximum absolute atomic E-state index is 13.4. The van der Waals surface area contributed by atoms with E-state index in [1.807, 2.05) is 0 Å². The van der Waals surface area contributed by atoms with E-state index in [2.05, 4.69) is 10.7 Å². The van der Waals surface area contributed by atoms with Crippen LogP contribution in [0.15, 0.2) is 41.3 Å². The van der Waals surface area contributed by atoms with Crippen LogP contribution in [0.2, 0.25) is 0 Å². The molecule has 1 atom stereocenters. The van der Waals surface area contributed by atoms with Crippen molar-refractivity contribution >= 4 is 21.7 Å². The van der Waals surface area contributed by atoms with Crippen LogP contribution < -0.4 is 4.31 Å². The molecule has 10 heteroatoms. The van der Waals surface area contributed by atoms with Gasteiger partial charge in [0.15, 0.2) is 0 Å². The topological polar surface area (TPSA) is 83.9 Å². The number of phenols is 1. The summed E-state index contributed by atoms with van der Waals surface area (Å²) < 4.78 is 70.6. The second kappa shape index (κ2) is 8.15. The number of fused-ring (bicyclic) bond motifs is 1. The van der Waals surface area contributed by atoms with Crippen molar-refractivity contribution in [1.29, 1.82) is 0 Å². The number of carbonyl (C=O) groups excluding carboxylic acids is 1. The zero-order chi connectivity index (χ0) is 23.0. The first-order chi connectivity index (χ1) is 14.5. The van der Waals surface area contributed by atoms with Crippen molar-refractivity contribution in [2.45, 2.75) is 36.4 Å². The van der Waals surface area contributed by atoms with Crippen LogP contribution in [0.3, 0.4) is 0 Å². The lowest BCUT2D eigenvalue weighted by molar-refractivity contribution is -0.127. The lowest BCUT2D eigenvalue weighted by atomic mass is 9.96. The number of hydrogen-bond acceptors (Lipinski definition) is 5. The summed E-state index contributed by atoms with van der Waals surface area (Å²) in [6.07, 6.45) is 0.533. The van der Waals surface area contributed by atoms with Gasteiger partial charge in [0.05, 0.1) is 24.1 Å². The van der Waals surface area contributed by atoms with Gasteiger partial charge in [0.25, 0.3) is 10.0 Å². The molecule has 1 aliphatic rings. The highest BCUT2D eigenvalue weighted by Gasteiger charge is 2.36. The number of terminal acetylenes is 1. The minimum Gasteiger partial charge on any atom is -0.507 e. The molecule has 0 aromatic heterocycles. The average molecular weight is 453 g/mol. The number of ether oxygens (including phenoxy) is 1. The number of carbonyl (C=O) groups is 1. The molecular weight excluding hydrogens is 435 g/mol. The van der Waals surface area contributed by atoms with E-state index in [-0.39, 0.29) is 28.1 Å². The number of alkyl halides is 3. The molecule has 0 amide bonds. The predicted molar refractivity (Wildman–Crippen MR) is 106 cm³/mol. The quantitative estimate of drug-likeness (QED) is 0.567. The minimum absolute atomic E-state index is 0.0142. The Kier molecular flexibility index (Phi) is 5.91. The molecule has 0 bridgehead atoms. The maximum atomic E-state index is 13.4. The number of halogens is 3. The maximum Gasteiger partial charge on any atom is 0.393 e. The minimum atomic E-state index is -4.40. The molecule has 31 heavy (non-hydrogen) atoms. The molecule has 6 nitrogen and oxygen atoms in total. The number of hydrogen-bond donors (Lipinski definition) is 1. The van der Waals surface area contributed by atoms with E-state index in [0.717, 1.165) is 29.6 Å². The Hall–Kier alpha value is -3.19. The van der Waals surface area contributed by atoms with Crippen molar-refractivity contribution in [3.63, 3.8) is 0 Å². The number of sulfonamides is 1. The van der Waals surface area contributed by atoms with Gasteiger partial charge in [0.2, 0.25) is 0 Å². The molecule has 1 aliphatic heterocycles. The lowest BCUT2D eigenvalue weighted by Crippen LogP contribution is -2.43. The van der Waals surface area contributed by atoms with E-state index in [1.54, 1.807) is 0 Å². The number of benzene rings is 2. The molecule has 164 valence electrons. The van der Waals surface area contributed by atoms with Gasteiger partial charge in [-0.15, -0.1) is 6.42 Å². The number of nitrogens with zero attached hydrogens (tertiary/aromatic N) is 1. The van der Waals surface area contributed by atoms with Gasteiger partial charge in [0, 0.05) is 0 Å². The fraction of sp³-hybridized carbons (Fsp3) is 0.286. The summed E-state index contributed by atoms with van der Waals surface area (Å²) in [6, 6.07) is 6.09. The lowest BCUT2D eigenvalue weighted by Gasteiger charge is -2.35. The van der Waals surface area contributed by atoms with Crippen molar-refractivity contribution in [2.75, 3.05) is 11.4 Å². The number of phenolic OH excluding ortho intramolecular Hbond substituents is 1. The molecule has 3 rings (SSSR count). The molecule has 0 spiro atoms. The van der Waals surface area contributed by atoms with Crippen LogP contribution in [0.25, 0.3) is 0 Å². The van der Waals surface area contributed by atoms with Gasteiger partial charge in [-0.3, -0.25) is 4.31 Å². The van der Waals surface area contributed by atoms with E-state index in [4.69, 9.17) is 6.42 Å². The summed E-state index contributed by atoms with van der Waals surface area (Å²) in [7, 11) is -3.24. The second-order valence-electron chi connectivity index (χ2n) is 6.95. The Balaban J connectivity index is 2.11. The molecule has 0 radical (unpaired) electrons. The smallest absolute Gasteiger partial charge is 0.393 e. The zero-order valence-corrected chi connectivity index (χ0v) is 17.1. The Labute approximate surface area is 177 Å². The number of aryl methyl sites for hydroxylation is 1. The Morgan fingerprint density at radius 2 is 2.00 bits per heavy atom. The summed E-state index contributed by atoms with van der Waals surface area (Å²) in [6.45, 7) is 0. The zero-order valence-electron chi connectivity index (χ0n) is 16.3. The predicted octanol–water partition coefficient (Wildman–Crippen LogP) is 3.43. The molecule has 0 fully saturated rings. The number of aromatic hydroxyl groups is 1. The molecular formula is C21H18F3NO5S. The molecule has 0 unspecified atom stereocenters. The number of methoxy groups -OCH3 is 1. The van der Waals surface area contributed by atoms with Gasteiger partial charge >= 0.3 is 12.1 Å². The van der Waals surface area contributed by atoms with Gasteiger partial charge < -0.3 is 9.84 Å². The average Bonchev–Trinajstić information content (AvgIpc) is 2.71. The van der Waals surface area contributed by atoms with E-state index >= 15 is 0 Å². The summed E-state index contributed by atoms with van der Waals surface area (Å²) in [4.78, 5) is 11.5. The monoisotopic (exact) mass is 453 g/mol. The standard InChI is InChI=1S/C21H18F3NO5S/c1-3-15-6-5-14-10-13(12-21(22,23)24)4-8-18(14)25(15)31(28,29)16-7-9-19(26)17(11-16)20(27)30-2/h1,4,7-11,15,26H,5-6,12H2,2H3/t15-/m0/s1. The van der Waals surface area contributed by atoms with Gasteiger partial charge in [-0.25, -0.2) is 13.2 Å². The highest BCUT2D eigenvalue weighted by Crippen LogP contribution is 2.37. The first kappa shape index (κ1) is 22.5. The summed E-state index contributed by atoms with van der Waals surface area (Å²) in [5.74, 6) is 1.01. The molecule has 2 aromatic rings. The molecule has 0 saturated heterocycles. The van der Waals surface area contributed by atoms with Crippen LogP contribution in [0, 0.1) is 12.3 Å². The first-order valence-corrected chi connectivity index (χ1v) is 10.5. The van der Waals surface area contributed by atoms with Crippen molar-refractivity contribution in [2.24, 2.45) is 0 Å². The van der Waals surface area contributed by atoms with E-state index in [9.17, 15) is 31.5 Å². The third kappa shape index (κ3) is 4.46. The molecule has 2 aromatic carbocycles. The highest BCUT2D eigenvalue weighted by atomic mass is 32.2. The van der Waals surface area contributed by atoms with Gasteiger partial charge in [-0.2, -0.15) is 13.2 Å². The Morgan fingerprint density at radius 3 is 2.61 bits per heavy atom. The summed E-state index contributed by atoms with van der Waals surface area (Å²) in [5.41, 5.74) is 0.260. The number of esters is 1. The Bertz CT molecular complexity index is 1170. The fourth-order valence-corrected chi connectivity index (χ4v) is 5.16. The van der Waals surface area contributed by atoms with E-state index in [1.165, 1.54) is 18.2 Å². The SMILES string of the molecule is C#C[C@H]1CCc2cc(CC(F)(F)F)ccc2N1S(=O)(=O)c1ccc(O)c(C(=O)OC)c1. The molecule has 0 aliphatic carbocycles. The highest BCUT2D eigenvalue weighted by molar-refractivity contribution is 7.92. The largest absolute Gasteiger partial charge is 0.507 e. The van der Waals surface area contributed by atoms with E-state index in [0.29, 0.717) is 12.0 Å². The fourth-order valence-electron chi connectivity index (χ4n) is 3.48. The van der Waals surface area contributed by atoms with Gasteiger partial charge in [-0.1, -0.05) is 18.1 Å². The first-order valence-electron chi connectivity index (χ1n) is 9.08. The van der Waals surface area contributed by atoms with Crippen molar-refractivity contribution in [1.82, 2.24) is 0 Å². The molecule has 1 N–H and O–H groups in total. The molecule has 1 heterocycles. The van der Waals surface area contributed by atoms with Gasteiger partial charge in [-0.05, 0) is 48.2 Å². The Morgan fingerprint density at radius 1 is 1.29 bits per heavy atom. The number of anilines is 1. The van der Waals surface area contributed by atoms with Crippen LogP contribution in [0.1, 0.15) is 27.9 Å². The van der Waals surface area contributed by atoms with Crippen LogP contribution >= 0.6 is 0 Å². The van der Waals surface area contributed by atoms with Crippen LogP contribution in [-0.2, 0) is 27.6 Å². The van der Waals surface area contributed by atoms with Crippen molar-refractivity contribution < 1.29 is 36.2 Å². The van der Waals surface area contributed by atoms with Crippen LogP contribution in [-0.4, -0.2) is 38.8 Å². The number of rotatable bonds is 4. The van der Waals surface area contributed by atoms with Crippen LogP contribution in [0.5, 0.6) is 5.75 Å². The van der Waals surface area contributed by atoms with Crippen molar-refractivity contribution in [3.05, 3.63) is 53.1 Å². The van der Waals surface area contributed by atoms with Crippen molar-refractivity contribution in [3.8, 4) is 18.1 Å². The normalized spacial score (nSPS) is 16.4. The summed E-state index contributed by atoms with van der Waals surface area (Å²) >= 11 is 0. The molecule has 0 saturated carbocycles. The van der Waals surface area contributed by atoms with Gasteiger partial charge in [0.1, 0.15) is 17.4 Å². The van der Waals surface area contributed by atoms with E-state index < -0.39 is 40.4 Å². The summed E-state index contributed by atoms with van der Waals surface area (Å²) in [5, 5.41) is 9.86.